The van der Waals surface area contributed by atoms with Gasteiger partial charge in [-0.15, -0.1) is 0 Å². The Balaban J connectivity index is 2.01. The van der Waals surface area contributed by atoms with Gasteiger partial charge in [0.1, 0.15) is 0 Å². The maximum absolute atomic E-state index is 10.8. The minimum Gasteiger partial charge on any atom is -0.291 e. The summed E-state index contributed by atoms with van der Waals surface area (Å²) in [6.07, 6.45) is 4.99. The molecule has 0 amide bonds. The minimum atomic E-state index is -0.787. The molecule has 0 atom stereocenters. The Hall–Kier alpha value is -0.640. The minimum absolute atomic E-state index is 0.148. The van der Waals surface area contributed by atoms with Gasteiger partial charge in [0.2, 0.25) is 5.54 Å². The number of nitro groups is 1. The van der Waals surface area contributed by atoms with E-state index in [1.807, 2.05) is 0 Å². The Morgan fingerprint density at radius 2 is 1.71 bits per heavy atom. The smallest absolute Gasteiger partial charge is 0.229 e. The monoisotopic (exact) mass is 198 g/mol. The SMILES string of the molecule is CC(C)(CN1C2CCC1CC2)[N+](=O)[O-]. The van der Waals surface area contributed by atoms with E-state index in [1.54, 1.807) is 13.8 Å². The predicted molar refractivity (Wildman–Crippen MR) is 53.8 cm³/mol. The van der Waals surface area contributed by atoms with Gasteiger partial charge in [0.15, 0.2) is 0 Å². The fourth-order valence-corrected chi connectivity index (χ4v) is 2.78. The molecular formula is C10H18N2O2. The van der Waals surface area contributed by atoms with Gasteiger partial charge in [0.25, 0.3) is 0 Å². The van der Waals surface area contributed by atoms with Crippen LogP contribution in [-0.4, -0.2) is 34.0 Å². The summed E-state index contributed by atoms with van der Waals surface area (Å²) in [4.78, 5) is 13.0. The average molecular weight is 198 g/mol. The van der Waals surface area contributed by atoms with E-state index >= 15 is 0 Å². The van der Waals surface area contributed by atoms with Crippen LogP contribution in [0.4, 0.5) is 0 Å². The summed E-state index contributed by atoms with van der Waals surface area (Å²) in [5.74, 6) is 0. The summed E-state index contributed by atoms with van der Waals surface area (Å²) in [6, 6.07) is 1.28. The van der Waals surface area contributed by atoms with Crippen molar-refractivity contribution >= 4 is 0 Å². The first-order valence-electron chi connectivity index (χ1n) is 5.41. The summed E-state index contributed by atoms with van der Waals surface area (Å²) in [6.45, 7) is 4.07. The fraction of sp³-hybridized carbons (Fsp3) is 1.00. The van der Waals surface area contributed by atoms with Crippen LogP contribution in [0.3, 0.4) is 0 Å². The lowest BCUT2D eigenvalue weighted by molar-refractivity contribution is -0.561. The zero-order chi connectivity index (χ0) is 10.3. The van der Waals surface area contributed by atoms with E-state index < -0.39 is 5.54 Å². The molecule has 2 rings (SSSR count). The molecule has 4 heteroatoms. The van der Waals surface area contributed by atoms with E-state index in [0.29, 0.717) is 18.6 Å². The second-order valence-corrected chi connectivity index (χ2v) is 5.20. The quantitative estimate of drug-likeness (QED) is 0.512. The number of fused-ring (bicyclic) bond motifs is 2. The molecular weight excluding hydrogens is 180 g/mol. The number of rotatable bonds is 3. The van der Waals surface area contributed by atoms with Gasteiger partial charge in [-0.05, 0) is 25.7 Å². The van der Waals surface area contributed by atoms with Gasteiger partial charge in [-0.3, -0.25) is 15.0 Å². The largest absolute Gasteiger partial charge is 0.291 e. The molecule has 2 heterocycles. The zero-order valence-electron chi connectivity index (χ0n) is 8.90. The van der Waals surface area contributed by atoms with Crippen LogP contribution in [0.15, 0.2) is 0 Å². The van der Waals surface area contributed by atoms with Crippen LogP contribution in [0.25, 0.3) is 0 Å². The van der Waals surface area contributed by atoms with Crippen molar-refractivity contribution in [3.8, 4) is 0 Å². The van der Waals surface area contributed by atoms with Gasteiger partial charge in [-0.1, -0.05) is 0 Å². The Labute approximate surface area is 84.4 Å². The highest BCUT2D eigenvalue weighted by Gasteiger charge is 2.44. The molecule has 0 aromatic rings. The van der Waals surface area contributed by atoms with Crippen LogP contribution in [-0.2, 0) is 0 Å². The van der Waals surface area contributed by atoms with E-state index in [9.17, 15) is 10.1 Å². The standard InChI is InChI=1S/C10H18N2O2/c1-10(2,12(13)14)7-11-8-3-4-9(11)6-5-8/h8-9H,3-7H2,1-2H3. The van der Waals surface area contributed by atoms with Crippen LogP contribution < -0.4 is 0 Å². The second-order valence-electron chi connectivity index (χ2n) is 5.20. The van der Waals surface area contributed by atoms with Crippen molar-refractivity contribution in [3.05, 3.63) is 10.1 Å². The number of hydrogen-bond acceptors (Lipinski definition) is 3. The first-order valence-corrected chi connectivity index (χ1v) is 5.41. The van der Waals surface area contributed by atoms with Crippen molar-refractivity contribution in [2.75, 3.05) is 6.54 Å². The average Bonchev–Trinajstić information content (AvgIpc) is 2.64. The van der Waals surface area contributed by atoms with Gasteiger partial charge in [0.05, 0.1) is 6.54 Å². The van der Waals surface area contributed by atoms with E-state index in [0.717, 1.165) is 0 Å². The Bertz CT molecular complexity index is 233. The van der Waals surface area contributed by atoms with Crippen molar-refractivity contribution in [1.82, 2.24) is 4.90 Å². The van der Waals surface area contributed by atoms with Crippen LogP contribution >= 0.6 is 0 Å². The normalized spacial score (nSPS) is 32.4. The molecule has 4 nitrogen and oxygen atoms in total. The summed E-state index contributed by atoms with van der Waals surface area (Å²) < 4.78 is 0. The Morgan fingerprint density at radius 1 is 1.29 bits per heavy atom. The zero-order valence-corrected chi connectivity index (χ0v) is 8.90. The summed E-state index contributed by atoms with van der Waals surface area (Å²) in [5, 5.41) is 10.8. The van der Waals surface area contributed by atoms with Crippen LogP contribution in [0.2, 0.25) is 0 Å². The van der Waals surface area contributed by atoms with Gasteiger partial charge >= 0.3 is 0 Å². The van der Waals surface area contributed by atoms with Crippen molar-refractivity contribution in [3.63, 3.8) is 0 Å². The molecule has 0 N–H and O–H groups in total. The highest BCUT2D eigenvalue weighted by atomic mass is 16.6. The van der Waals surface area contributed by atoms with E-state index in [4.69, 9.17) is 0 Å². The van der Waals surface area contributed by atoms with Gasteiger partial charge in [0, 0.05) is 30.9 Å². The molecule has 0 saturated carbocycles. The third kappa shape index (κ3) is 1.52. The molecule has 2 aliphatic heterocycles. The van der Waals surface area contributed by atoms with E-state index in [2.05, 4.69) is 4.90 Å². The Morgan fingerprint density at radius 3 is 2.07 bits per heavy atom. The van der Waals surface area contributed by atoms with Crippen LogP contribution in [0, 0.1) is 10.1 Å². The highest BCUT2D eigenvalue weighted by molar-refractivity contribution is 4.96. The number of hydrogen-bond donors (Lipinski definition) is 0. The lowest BCUT2D eigenvalue weighted by Gasteiger charge is -2.26. The topological polar surface area (TPSA) is 46.4 Å². The Kier molecular flexibility index (Phi) is 2.26. The molecule has 0 aliphatic carbocycles. The van der Waals surface area contributed by atoms with E-state index in [-0.39, 0.29) is 4.92 Å². The van der Waals surface area contributed by atoms with Gasteiger partial charge < -0.3 is 0 Å². The van der Waals surface area contributed by atoms with Crippen LogP contribution in [0.5, 0.6) is 0 Å². The first-order chi connectivity index (χ1) is 6.50. The molecule has 0 radical (unpaired) electrons. The van der Waals surface area contributed by atoms with Crippen molar-refractivity contribution in [1.29, 1.82) is 0 Å². The third-order valence-electron chi connectivity index (χ3n) is 3.67. The molecule has 2 aliphatic rings. The maximum Gasteiger partial charge on any atom is 0.229 e. The molecule has 14 heavy (non-hydrogen) atoms. The number of nitrogens with zero attached hydrogens (tertiary/aromatic N) is 2. The van der Waals surface area contributed by atoms with E-state index in [1.165, 1.54) is 25.7 Å². The van der Waals surface area contributed by atoms with Crippen molar-refractivity contribution in [2.45, 2.75) is 57.2 Å². The van der Waals surface area contributed by atoms with Crippen molar-refractivity contribution < 1.29 is 4.92 Å². The van der Waals surface area contributed by atoms with Crippen molar-refractivity contribution in [2.24, 2.45) is 0 Å². The molecule has 0 unspecified atom stereocenters. The maximum atomic E-state index is 10.8. The fourth-order valence-electron chi connectivity index (χ4n) is 2.78. The van der Waals surface area contributed by atoms with Gasteiger partial charge in [-0.2, -0.15) is 0 Å². The van der Waals surface area contributed by atoms with Crippen LogP contribution in [0.1, 0.15) is 39.5 Å². The molecule has 2 saturated heterocycles. The molecule has 80 valence electrons. The molecule has 0 aromatic heterocycles. The lowest BCUT2D eigenvalue weighted by atomic mass is 10.0. The summed E-state index contributed by atoms with van der Waals surface area (Å²) >= 11 is 0. The highest BCUT2D eigenvalue weighted by Crippen LogP contribution is 2.38. The van der Waals surface area contributed by atoms with Gasteiger partial charge in [-0.25, -0.2) is 0 Å². The molecule has 0 spiro atoms. The molecule has 0 aromatic carbocycles. The molecule has 2 fully saturated rings. The lowest BCUT2D eigenvalue weighted by Crippen LogP contribution is -2.46. The summed E-state index contributed by atoms with van der Waals surface area (Å²) in [7, 11) is 0. The second kappa shape index (κ2) is 3.19. The third-order valence-corrected chi connectivity index (χ3v) is 3.67. The first kappa shape index (κ1) is 9.90. The molecule has 2 bridgehead atoms. The predicted octanol–water partition coefficient (Wildman–Crippen LogP) is 1.67. The summed E-state index contributed by atoms with van der Waals surface area (Å²) in [5.41, 5.74) is -0.787.